The number of aryl methyl sites for hydroxylation is 1. The van der Waals surface area contributed by atoms with E-state index >= 15 is 0 Å². The molecule has 0 aliphatic rings. The van der Waals surface area contributed by atoms with Crippen LogP contribution in [0.25, 0.3) is 10.6 Å². The normalized spacial score (nSPS) is 11.5. The Bertz CT molecular complexity index is 895. The lowest BCUT2D eigenvalue weighted by Gasteiger charge is -2.01. The molecule has 5 nitrogen and oxygen atoms in total. The third-order valence-corrected chi connectivity index (χ3v) is 4.44. The largest absolute Gasteiger partial charge is 0.291 e. The molecule has 1 aromatic carbocycles. The summed E-state index contributed by atoms with van der Waals surface area (Å²) < 4.78 is 12.9. The van der Waals surface area contributed by atoms with Crippen LogP contribution in [0, 0.1) is 12.7 Å². The Morgan fingerprint density at radius 3 is 2.67 bits per heavy atom. The van der Waals surface area contributed by atoms with Crippen molar-refractivity contribution in [3.63, 3.8) is 0 Å². The highest BCUT2D eigenvalue weighted by molar-refractivity contribution is 7.15. The zero-order chi connectivity index (χ0) is 17.1. The van der Waals surface area contributed by atoms with Crippen LogP contribution in [-0.2, 0) is 0 Å². The summed E-state index contributed by atoms with van der Waals surface area (Å²) in [6.45, 7) is 3.75. The Morgan fingerprint density at radius 1 is 1.25 bits per heavy atom. The molecule has 0 aliphatic carbocycles. The predicted octanol–water partition coefficient (Wildman–Crippen LogP) is 3.74. The second-order valence-corrected chi connectivity index (χ2v) is 6.51. The number of hydrogen-bond acceptors (Lipinski definition) is 4. The second kappa shape index (κ2) is 6.76. The van der Waals surface area contributed by atoms with E-state index in [0.717, 1.165) is 16.1 Å². The quantitative estimate of drug-likeness (QED) is 0.560. The Morgan fingerprint density at radius 2 is 2.00 bits per heavy atom. The fourth-order valence-electron chi connectivity index (χ4n) is 2.09. The van der Waals surface area contributed by atoms with Gasteiger partial charge in [0.15, 0.2) is 5.69 Å². The summed E-state index contributed by atoms with van der Waals surface area (Å²) in [5.41, 5.74) is 4.81. The van der Waals surface area contributed by atoms with Gasteiger partial charge in [-0.3, -0.25) is 9.89 Å². The fraction of sp³-hybridized carbons (Fsp3) is 0.118. The van der Waals surface area contributed by atoms with Crippen LogP contribution in [-0.4, -0.2) is 21.8 Å². The van der Waals surface area contributed by atoms with Gasteiger partial charge in [-0.05, 0) is 49.7 Å². The number of halogens is 1. The Labute approximate surface area is 142 Å². The molecule has 0 aliphatic heterocycles. The Hall–Kier alpha value is -2.80. The molecule has 3 rings (SSSR count). The number of H-pyrrole nitrogens is 1. The van der Waals surface area contributed by atoms with E-state index in [2.05, 4.69) is 20.7 Å². The van der Waals surface area contributed by atoms with Gasteiger partial charge in [-0.1, -0.05) is 12.1 Å². The molecule has 0 atom stereocenters. The lowest BCUT2D eigenvalue weighted by Crippen LogP contribution is -2.19. The number of carbonyl (C=O) groups is 1. The third-order valence-electron chi connectivity index (χ3n) is 3.40. The van der Waals surface area contributed by atoms with Gasteiger partial charge >= 0.3 is 0 Å². The molecule has 0 spiro atoms. The molecule has 2 N–H and O–H groups in total. The van der Waals surface area contributed by atoms with E-state index in [4.69, 9.17) is 0 Å². The van der Waals surface area contributed by atoms with Crippen LogP contribution in [0.3, 0.4) is 0 Å². The van der Waals surface area contributed by atoms with Crippen molar-refractivity contribution >= 4 is 23.0 Å². The summed E-state index contributed by atoms with van der Waals surface area (Å²) in [5.74, 6) is -0.726. The number of aromatic amines is 1. The standard InChI is InChI=1S/C17H15FN4OS/c1-10-3-8-16(24-10)14-9-15(21-20-14)17(23)22-19-11(2)12-4-6-13(18)7-5-12/h3-9H,1-2H3,(H,20,21)(H,22,23). The molecule has 0 saturated heterocycles. The molecule has 2 heterocycles. The van der Waals surface area contributed by atoms with Crippen molar-refractivity contribution in [2.45, 2.75) is 13.8 Å². The van der Waals surface area contributed by atoms with Crippen LogP contribution in [0.1, 0.15) is 27.9 Å². The Balaban J connectivity index is 1.70. The highest BCUT2D eigenvalue weighted by Crippen LogP contribution is 2.26. The first-order valence-electron chi connectivity index (χ1n) is 7.26. The van der Waals surface area contributed by atoms with Gasteiger partial charge in [0.05, 0.1) is 16.3 Å². The van der Waals surface area contributed by atoms with Gasteiger partial charge in [-0.2, -0.15) is 10.2 Å². The summed E-state index contributed by atoms with van der Waals surface area (Å²) in [5, 5.41) is 10.9. The van der Waals surface area contributed by atoms with E-state index in [0.29, 0.717) is 5.71 Å². The maximum absolute atomic E-state index is 12.9. The molecule has 3 aromatic rings. The van der Waals surface area contributed by atoms with Gasteiger partial charge in [0, 0.05) is 4.88 Å². The number of rotatable bonds is 4. The zero-order valence-electron chi connectivity index (χ0n) is 13.1. The third kappa shape index (κ3) is 3.57. The van der Waals surface area contributed by atoms with Crippen molar-refractivity contribution in [3.8, 4) is 10.6 Å². The lowest BCUT2D eigenvalue weighted by molar-refractivity contribution is 0.0950. The van der Waals surface area contributed by atoms with E-state index in [1.54, 1.807) is 36.5 Å². The van der Waals surface area contributed by atoms with E-state index in [9.17, 15) is 9.18 Å². The maximum atomic E-state index is 12.9. The van der Waals surface area contributed by atoms with Crippen molar-refractivity contribution in [1.29, 1.82) is 0 Å². The van der Waals surface area contributed by atoms with E-state index in [1.165, 1.54) is 17.0 Å². The van der Waals surface area contributed by atoms with Crippen LogP contribution in [0.5, 0.6) is 0 Å². The van der Waals surface area contributed by atoms with Gasteiger partial charge in [0.1, 0.15) is 5.82 Å². The van der Waals surface area contributed by atoms with Crippen LogP contribution < -0.4 is 5.43 Å². The number of amides is 1. The van der Waals surface area contributed by atoms with Gasteiger partial charge in [0.2, 0.25) is 0 Å². The first-order chi connectivity index (χ1) is 11.5. The average Bonchev–Trinajstić information content (AvgIpc) is 3.22. The zero-order valence-corrected chi connectivity index (χ0v) is 13.9. The van der Waals surface area contributed by atoms with Crippen molar-refractivity contribution in [3.05, 3.63) is 64.4 Å². The number of aromatic nitrogens is 2. The molecular formula is C17H15FN4OS. The Kier molecular flexibility index (Phi) is 4.52. The van der Waals surface area contributed by atoms with Crippen LogP contribution in [0.15, 0.2) is 47.6 Å². The van der Waals surface area contributed by atoms with Crippen LogP contribution >= 0.6 is 11.3 Å². The lowest BCUT2D eigenvalue weighted by atomic mass is 10.1. The molecule has 122 valence electrons. The van der Waals surface area contributed by atoms with Crippen molar-refractivity contribution in [2.24, 2.45) is 5.10 Å². The number of carbonyl (C=O) groups excluding carboxylic acids is 1. The number of hydrogen-bond donors (Lipinski definition) is 2. The molecule has 0 bridgehead atoms. The number of thiophene rings is 1. The summed E-state index contributed by atoms with van der Waals surface area (Å²) in [6.07, 6.45) is 0. The molecule has 1 amide bonds. The smallest absolute Gasteiger partial charge is 0.276 e. The molecule has 0 unspecified atom stereocenters. The number of nitrogens with one attached hydrogen (secondary N) is 2. The molecular weight excluding hydrogens is 327 g/mol. The molecule has 0 saturated carbocycles. The topological polar surface area (TPSA) is 70.1 Å². The van der Waals surface area contributed by atoms with Gasteiger partial charge in [-0.15, -0.1) is 11.3 Å². The molecule has 7 heteroatoms. The minimum atomic E-state index is -0.410. The molecule has 24 heavy (non-hydrogen) atoms. The predicted molar refractivity (Wildman–Crippen MR) is 92.7 cm³/mol. The highest BCUT2D eigenvalue weighted by Gasteiger charge is 2.12. The van der Waals surface area contributed by atoms with Crippen LogP contribution in [0.4, 0.5) is 4.39 Å². The van der Waals surface area contributed by atoms with Gasteiger partial charge in [0.25, 0.3) is 5.91 Å². The van der Waals surface area contributed by atoms with E-state index in [-0.39, 0.29) is 11.5 Å². The van der Waals surface area contributed by atoms with Gasteiger partial charge < -0.3 is 0 Å². The number of benzene rings is 1. The first-order valence-corrected chi connectivity index (χ1v) is 8.07. The molecule has 0 radical (unpaired) electrons. The van der Waals surface area contributed by atoms with Crippen LogP contribution in [0.2, 0.25) is 0 Å². The minimum Gasteiger partial charge on any atom is -0.276 e. The SMILES string of the molecule is CC(=NNC(=O)c1cc(-c2ccc(C)s2)[nH]n1)c1ccc(F)cc1. The summed E-state index contributed by atoms with van der Waals surface area (Å²) in [6, 6.07) is 11.6. The number of nitrogens with zero attached hydrogens (tertiary/aromatic N) is 2. The average molecular weight is 342 g/mol. The minimum absolute atomic E-state index is 0.256. The molecule has 2 aromatic heterocycles. The van der Waals surface area contributed by atoms with E-state index < -0.39 is 5.91 Å². The summed E-state index contributed by atoms with van der Waals surface area (Å²) >= 11 is 1.62. The first kappa shape index (κ1) is 16.1. The van der Waals surface area contributed by atoms with E-state index in [1.807, 2.05) is 19.1 Å². The monoisotopic (exact) mass is 342 g/mol. The van der Waals surface area contributed by atoms with Gasteiger partial charge in [-0.25, -0.2) is 9.82 Å². The second-order valence-electron chi connectivity index (χ2n) is 5.22. The van der Waals surface area contributed by atoms with Crippen molar-refractivity contribution in [2.75, 3.05) is 0 Å². The fourth-order valence-corrected chi connectivity index (χ4v) is 2.92. The molecule has 0 fully saturated rings. The highest BCUT2D eigenvalue weighted by atomic mass is 32.1. The maximum Gasteiger partial charge on any atom is 0.291 e. The van der Waals surface area contributed by atoms with Crippen molar-refractivity contribution < 1.29 is 9.18 Å². The number of hydrazone groups is 1. The summed E-state index contributed by atoms with van der Waals surface area (Å²) in [4.78, 5) is 14.3. The van der Waals surface area contributed by atoms with Crippen molar-refractivity contribution in [1.82, 2.24) is 15.6 Å². The summed E-state index contributed by atoms with van der Waals surface area (Å²) in [7, 11) is 0.